The second kappa shape index (κ2) is 8.20. The molecule has 0 fully saturated rings. The van der Waals surface area contributed by atoms with Gasteiger partial charge in [-0.15, -0.1) is 0 Å². The van der Waals surface area contributed by atoms with Gasteiger partial charge in [-0.1, -0.05) is 44.0 Å². The number of unbranched alkanes of at least 4 members (excludes halogenated alkanes) is 2. The molecule has 0 spiro atoms. The highest BCUT2D eigenvalue weighted by molar-refractivity contribution is 5.56. The third kappa shape index (κ3) is 5.03. The second-order valence-corrected chi connectivity index (χ2v) is 5.15. The first-order valence-electron chi connectivity index (χ1n) is 7.59. The number of benzene rings is 2. The lowest BCUT2D eigenvalue weighted by Gasteiger charge is -2.13. The van der Waals surface area contributed by atoms with Crippen LogP contribution in [0.25, 0.3) is 0 Å². The van der Waals surface area contributed by atoms with E-state index in [1.807, 2.05) is 42.5 Å². The first kappa shape index (κ1) is 15.2. The lowest BCUT2D eigenvalue weighted by atomic mass is 10.2. The molecular formula is C18H24N2O. The van der Waals surface area contributed by atoms with Crippen LogP contribution in [0.1, 0.15) is 31.7 Å². The van der Waals surface area contributed by atoms with Gasteiger partial charge in [0.2, 0.25) is 0 Å². The van der Waals surface area contributed by atoms with Gasteiger partial charge in [-0.25, -0.2) is 0 Å². The smallest absolute Gasteiger partial charge is 0.142 e. The number of hydrogen-bond acceptors (Lipinski definition) is 3. The van der Waals surface area contributed by atoms with E-state index in [-0.39, 0.29) is 0 Å². The molecule has 0 radical (unpaired) electrons. The third-order valence-electron chi connectivity index (χ3n) is 3.33. The monoisotopic (exact) mass is 284 g/mol. The first-order chi connectivity index (χ1) is 10.3. The summed E-state index contributed by atoms with van der Waals surface area (Å²) in [5, 5.41) is 3.42. The maximum Gasteiger partial charge on any atom is 0.142 e. The fraction of sp³-hybridized carbons (Fsp3) is 0.333. The summed E-state index contributed by atoms with van der Waals surface area (Å²) in [6.07, 6.45) is 3.51. The fourth-order valence-electron chi connectivity index (χ4n) is 2.17. The molecule has 2 aromatic rings. The van der Waals surface area contributed by atoms with Crippen LogP contribution >= 0.6 is 0 Å². The lowest BCUT2D eigenvalue weighted by molar-refractivity contribution is 0.307. The molecule has 0 amide bonds. The Balaban J connectivity index is 1.93. The van der Waals surface area contributed by atoms with E-state index < -0.39 is 0 Å². The Kier molecular flexibility index (Phi) is 5.95. The Labute approximate surface area is 127 Å². The van der Waals surface area contributed by atoms with Crippen LogP contribution in [0.15, 0.2) is 48.5 Å². The van der Waals surface area contributed by atoms with Gasteiger partial charge < -0.3 is 15.8 Å². The van der Waals surface area contributed by atoms with Crippen molar-refractivity contribution in [1.82, 2.24) is 0 Å². The van der Waals surface area contributed by atoms with E-state index in [4.69, 9.17) is 10.5 Å². The standard InChI is InChI=1S/C18H24N2O/c1-2-3-6-12-21-18-11-5-4-10-17(18)20-14-15-8-7-9-16(19)13-15/h4-5,7-11,13,20H,2-3,6,12,14,19H2,1H3. The molecule has 3 heteroatoms. The summed E-state index contributed by atoms with van der Waals surface area (Å²) >= 11 is 0. The van der Waals surface area contributed by atoms with Crippen LogP contribution in [0, 0.1) is 0 Å². The summed E-state index contributed by atoms with van der Waals surface area (Å²) in [5.74, 6) is 0.914. The molecule has 0 unspecified atom stereocenters. The quantitative estimate of drug-likeness (QED) is 0.556. The van der Waals surface area contributed by atoms with Gasteiger partial charge in [0.1, 0.15) is 5.75 Å². The molecule has 0 atom stereocenters. The van der Waals surface area contributed by atoms with Gasteiger partial charge in [0.05, 0.1) is 12.3 Å². The molecule has 0 saturated carbocycles. The second-order valence-electron chi connectivity index (χ2n) is 5.15. The molecule has 2 rings (SSSR count). The molecule has 0 aliphatic rings. The molecule has 0 saturated heterocycles. The van der Waals surface area contributed by atoms with Gasteiger partial charge in [0, 0.05) is 12.2 Å². The number of hydrogen-bond donors (Lipinski definition) is 2. The van der Waals surface area contributed by atoms with Crippen molar-refractivity contribution in [1.29, 1.82) is 0 Å². The Morgan fingerprint density at radius 1 is 1.05 bits per heavy atom. The normalized spacial score (nSPS) is 10.3. The Hall–Kier alpha value is -2.16. The minimum Gasteiger partial charge on any atom is -0.491 e. The zero-order chi connectivity index (χ0) is 14.9. The zero-order valence-corrected chi connectivity index (χ0v) is 12.6. The molecule has 0 heterocycles. The Morgan fingerprint density at radius 3 is 2.71 bits per heavy atom. The van der Waals surface area contributed by atoms with Gasteiger partial charge in [-0.3, -0.25) is 0 Å². The van der Waals surface area contributed by atoms with Crippen molar-refractivity contribution in [2.24, 2.45) is 0 Å². The van der Waals surface area contributed by atoms with Crippen LogP contribution in [0.4, 0.5) is 11.4 Å². The molecule has 3 nitrogen and oxygen atoms in total. The van der Waals surface area contributed by atoms with Crippen LogP contribution in [0.2, 0.25) is 0 Å². The lowest BCUT2D eigenvalue weighted by Crippen LogP contribution is -2.04. The Bertz CT molecular complexity index is 554. The first-order valence-corrected chi connectivity index (χ1v) is 7.59. The van der Waals surface area contributed by atoms with Crippen molar-refractivity contribution in [2.75, 3.05) is 17.7 Å². The molecule has 0 bridgehead atoms. The summed E-state index contributed by atoms with van der Waals surface area (Å²) in [5.41, 5.74) is 8.78. The van der Waals surface area contributed by atoms with Crippen LogP contribution in [0.3, 0.4) is 0 Å². The van der Waals surface area contributed by atoms with Gasteiger partial charge >= 0.3 is 0 Å². The van der Waals surface area contributed by atoms with Crippen molar-refractivity contribution >= 4 is 11.4 Å². The summed E-state index contributed by atoms with van der Waals surface area (Å²) in [7, 11) is 0. The average Bonchev–Trinajstić information content (AvgIpc) is 2.50. The van der Waals surface area contributed by atoms with Gasteiger partial charge in [0.25, 0.3) is 0 Å². The summed E-state index contributed by atoms with van der Waals surface area (Å²) in [6, 6.07) is 16.0. The fourth-order valence-corrected chi connectivity index (χ4v) is 2.17. The van der Waals surface area contributed by atoms with E-state index in [0.717, 1.165) is 42.3 Å². The predicted molar refractivity (Wildman–Crippen MR) is 89.6 cm³/mol. The van der Waals surface area contributed by atoms with Crippen molar-refractivity contribution in [3.8, 4) is 5.75 Å². The van der Waals surface area contributed by atoms with E-state index in [9.17, 15) is 0 Å². The van der Waals surface area contributed by atoms with Crippen LogP contribution < -0.4 is 15.8 Å². The summed E-state index contributed by atoms with van der Waals surface area (Å²) < 4.78 is 5.86. The number of nitrogens with one attached hydrogen (secondary N) is 1. The van der Waals surface area contributed by atoms with E-state index in [1.165, 1.54) is 12.8 Å². The van der Waals surface area contributed by atoms with E-state index in [1.54, 1.807) is 0 Å². The van der Waals surface area contributed by atoms with Crippen LogP contribution in [0.5, 0.6) is 5.75 Å². The van der Waals surface area contributed by atoms with E-state index in [0.29, 0.717) is 0 Å². The molecule has 21 heavy (non-hydrogen) atoms. The van der Waals surface area contributed by atoms with Crippen molar-refractivity contribution in [2.45, 2.75) is 32.7 Å². The number of rotatable bonds is 8. The maximum absolute atomic E-state index is 5.86. The number of anilines is 2. The molecule has 0 aliphatic heterocycles. The SMILES string of the molecule is CCCCCOc1ccccc1NCc1cccc(N)c1. The van der Waals surface area contributed by atoms with Crippen molar-refractivity contribution < 1.29 is 4.74 Å². The topological polar surface area (TPSA) is 47.3 Å². The largest absolute Gasteiger partial charge is 0.491 e. The van der Waals surface area contributed by atoms with Crippen molar-refractivity contribution in [3.63, 3.8) is 0 Å². The minimum absolute atomic E-state index is 0.736. The van der Waals surface area contributed by atoms with Crippen LogP contribution in [-0.2, 0) is 6.54 Å². The minimum atomic E-state index is 0.736. The highest BCUT2D eigenvalue weighted by atomic mass is 16.5. The van der Waals surface area contributed by atoms with Crippen molar-refractivity contribution in [3.05, 3.63) is 54.1 Å². The van der Waals surface area contributed by atoms with Gasteiger partial charge in [-0.05, 0) is 36.2 Å². The number of nitrogens with two attached hydrogens (primary N) is 1. The summed E-state index contributed by atoms with van der Waals surface area (Å²) in [4.78, 5) is 0. The third-order valence-corrected chi connectivity index (χ3v) is 3.33. The molecule has 0 aliphatic carbocycles. The van der Waals surface area contributed by atoms with Crippen LogP contribution in [-0.4, -0.2) is 6.61 Å². The van der Waals surface area contributed by atoms with E-state index in [2.05, 4.69) is 18.3 Å². The summed E-state index contributed by atoms with van der Waals surface area (Å²) in [6.45, 7) is 3.70. The zero-order valence-electron chi connectivity index (χ0n) is 12.6. The highest BCUT2D eigenvalue weighted by Gasteiger charge is 2.02. The number of para-hydroxylation sites is 2. The molecule has 112 valence electrons. The average molecular weight is 284 g/mol. The highest BCUT2D eigenvalue weighted by Crippen LogP contribution is 2.24. The molecule has 0 aromatic heterocycles. The molecule has 2 aromatic carbocycles. The molecular weight excluding hydrogens is 260 g/mol. The van der Waals surface area contributed by atoms with Gasteiger partial charge in [0.15, 0.2) is 0 Å². The number of ether oxygens (including phenoxy) is 1. The van der Waals surface area contributed by atoms with Gasteiger partial charge in [-0.2, -0.15) is 0 Å². The molecule has 3 N–H and O–H groups in total. The van der Waals surface area contributed by atoms with E-state index >= 15 is 0 Å². The predicted octanol–water partition coefficient (Wildman–Crippen LogP) is 4.45. The number of nitrogen functional groups attached to an aromatic ring is 1. The Morgan fingerprint density at radius 2 is 1.90 bits per heavy atom. The maximum atomic E-state index is 5.86.